The summed E-state index contributed by atoms with van der Waals surface area (Å²) in [7, 11) is 0. The molecule has 9 heteroatoms. The van der Waals surface area contributed by atoms with Gasteiger partial charge < -0.3 is 18.6 Å². The molecule has 4 heterocycles. The molecule has 4 aliphatic carbocycles. The molecule has 0 saturated heterocycles. The van der Waals surface area contributed by atoms with Crippen LogP contribution in [0, 0.1) is 11.6 Å². The lowest BCUT2D eigenvalue weighted by atomic mass is 9.70. The Hall–Kier alpha value is -16.7. The van der Waals surface area contributed by atoms with Gasteiger partial charge in [0.1, 0.15) is 22.7 Å². The van der Waals surface area contributed by atoms with Crippen molar-refractivity contribution in [1.82, 2.24) is 22.4 Å². The van der Waals surface area contributed by atoms with Gasteiger partial charge in [-0.25, -0.2) is 8.78 Å². The molecule has 610 valence electrons. The van der Waals surface area contributed by atoms with Gasteiger partial charge in [-0.1, -0.05) is 279 Å². The maximum atomic E-state index is 14.5. The number of para-hydroxylation sites is 2. The maximum absolute atomic E-state index is 14.5. The van der Waals surface area contributed by atoms with Crippen molar-refractivity contribution in [3.05, 3.63) is 493 Å². The van der Waals surface area contributed by atoms with E-state index in [4.69, 9.17) is 8.75 Å². The number of hydrogen-bond acceptors (Lipinski definition) is 4. The second-order valence-electron chi connectivity index (χ2n) is 35.3. The van der Waals surface area contributed by atoms with E-state index in [1.54, 1.807) is 0 Å². The molecule has 4 aromatic heterocycles. The molecule has 0 aliphatic heterocycles. The van der Waals surface area contributed by atoms with Gasteiger partial charge in [-0.05, 0) is 297 Å². The number of rotatable bonds is 11. The van der Waals surface area contributed by atoms with Gasteiger partial charge in [-0.2, -0.15) is 8.75 Å². The third kappa shape index (κ3) is 10.5. The molecule has 6 nitrogen and oxygen atoms in total. The summed E-state index contributed by atoms with van der Waals surface area (Å²) in [5.41, 5.74) is 44.2. The van der Waals surface area contributed by atoms with Crippen LogP contribution in [0.15, 0.2) is 437 Å². The van der Waals surface area contributed by atoms with Crippen molar-refractivity contribution >= 4 is 105 Å². The molecule has 0 bridgehead atoms. The first-order valence-electron chi connectivity index (χ1n) is 44.7. The Balaban J connectivity index is 0.576. The maximum Gasteiger partial charge on any atom is 0.129 e. The number of anilines is 3. The van der Waals surface area contributed by atoms with Gasteiger partial charge in [-0.3, -0.25) is 0 Å². The van der Waals surface area contributed by atoms with Crippen LogP contribution in [0.3, 0.4) is 0 Å². The van der Waals surface area contributed by atoms with Gasteiger partial charge in [0.2, 0.25) is 0 Å². The summed E-state index contributed by atoms with van der Waals surface area (Å²) in [6.45, 7) is 0. The lowest BCUT2D eigenvalue weighted by Crippen LogP contribution is -2.25. The zero-order valence-corrected chi connectivity index (χ0v) is 71.2. The Labute approximate surface area is 757 Å². The fourth-order valence-corrected chi connectivity index (χ4v) is 23.9. The van der Waals surface area contributed by atoms with Crippen molar-refractivity contribution in [2.45, 2.75) is 10.8 Å². The Kier molecular flexibility index (Phi) is 15.6. The molecule has 0 atom stereocenters. The Morgan fingerprint density at radius 3 is 0.908 bits per heavy atom. The molecule has 0 saturated carbocycles. The van der Waals surface area contributed by atoms with Gasteiger partial charge >= 0.3 is 0 Å². The first-order chi connectivity index (χ1) is 64.8. The van der Waals surface area contributed by atoms with Gasteiger partial charge in [0.05, 0.1) is 61.3 Å². The standard InChI is InChI=1S/C122H72F2N6S/c123-82-45-55-87(56-46-82)129-112-31-15-7-23-98(112)100-61-41-80(71-117(100)129)73-33-49-84(50-34-73)127(85-51-35-74(36-52-85)81-42-62-101-99-24-8-16-32-113(99)130(118(101)72-81)88-57-47-83(124)48-58-88)116-66-63-89(119-120(116)126-131-125-119)75-37-53-86(54-38-75)128-114-64-43-76(78-39-59-96-94-21-5-13-29-108(94)121(110(96)69-78)104-25-9-1-17-90(104)91-18-2-10-26-105(91)121)67-102(114)103-68-77(44-65-115(103)128)79-40-60-97-95-22-6-14-30-109(95)122(111(97)70-79)106-27-11-3-19-92(106)93-20-4-12-28-107(93)122/h1-72H. The van der Waals surface area contributed by atoms with Gasteiger partial charge in [0, 0.05) is 66.3 Å². The van der Waals surface area contributed by atoms with Crippen LogP contribution in [-0.2, 0) is 10.8 Å². The number of aromatic nitrogens is 5. The fourth-order valence-electron chi connectivity index (χ4n) is 23.3. The summed E-state index contributed by atoms with van der Waals surface area (Å²) in [6, 6.07) is 158. The smallest absolute Gasteiger partial charge is 0.129 e. The van der Waals surface area contributed by atoms with E-state index in [1.165, 1.54) is 136 Å². The fraction of sp³-hybridized carbons (Fsp3) is 0.0164. The largest absolute Gasteiger partial charge is 0.309 e. The van der Waals surface area contributed by atoms with Crippen LogP contribution < -0.4 is 4.90 Å². The third-order valence-electron chi connectivity index (χ3n) is 28.9. The summed E-state index contributed by atoms with van der Waals surface area (Å²) < 4.78 is 46.4. The van der Waals surface area contributed by atoms with Crippen LogP contribution in [0.25, 0.3) is 194 Å². The summed E-state index contributed by atoms with van der Waals surface area (Å²) in [4.78, 5) is 2.30. The molecule has 24 aromatic rings. The number of nitrogens with zero attached hydrogens (tertiary/aromatic N) is 6. The monoisotopic (exact) mass is 1690 g/mol. The molecule has 0 unspecified atom stereocenters. The highest BCUT2D eigenvalue weighted by atomic mass is 32.1. The number of benzene rings is 20. The highest BCUT2D eigenvalue weighted by molar-refractivity contribution is 7.00. The number of halogens is 2. The zero-order chi connectivity index (χ0) is 86.1. The molecule has 0 radical (unpaired) electrons. The summed E-state index contributed by atoms with van der Waals surface area (Å²) in [6.07, 6.45) is 0. The topological polar surface area (TPSA) is 43.8 Å². The SMILES string of the molecule is Fc1ccc(-n2c3ccccc3c3ccc(-c4ccc(N(c5ccc(-c6ccc7c8ccccc8n(-c8ccc(F)cc8)c7c6)cc5)c5ccc(-c6ccc(-n7c8ccc(-c9ccc%10c(c9)C9(c%11ccccc%11-c%11ccccc%119)c9ccccc9-%10)cc8c8cc(-c9ccc%10c(c9)C9(c%11ccccc%11-c%11ccccc%119)c9ccccc9-%10)ccc87)cc6)c6nsnc56)cc4)cc32)cc1. The quantitative estimate of drug-likeness (QED) is 0.130. The van der Waals surface area contributed by atoms with E-state index in [9.17, 15) is 8.78 Å². The molecular formula is C122H72F2N6S. The zero-order valence-electron chi connectivity index (χ0n) is 70.4. The van der Waals surface area contributed by atoms with Crippen molar-refractivity contribution < 1.29 is 8.78 Å². The van der Waals surface area contributed by atoms with Crippen LogP contribution in [0.5, 0.6) is 0 Å². The summed E-state index contributed by atoms with van der Waals surface area (Å²) >= 11 is 1.22. The van der Waals surface area contributed by atoms with Gasteiger partial charge in [0.25, 0.3) is 0 Å². The van der Waals surface area contributed by atoms with Crippen LogP contribution in [0.4, 0.5) is 25.8 Å². The van der Waals surface area contributed by atoms with Crippen LogP contribution in [-0.4, -0.2) is 22.4 Å². The molecule has 28 rings (SSSR count). The van der Waals surface area contributed by atoms with Crippen molar-refractivity contribution in [2.24, 2.45) is 0 Å². The second-order valence-corrected chi connectivity index (χ2v) is 35.8. The van der Waals surface area contributed by atoms with E-state index < -0.39 is 10.8 Å². The van der Waals surface area contributed by atoms with E-state index >= 15 is 0 Å². The molecule has 4 aliphatic rings. The minimum Gasteiger partial charge on any atom is -0.309 e. The van der Waals surface area contributed by atoms with Crippen LogP contribution in [0.2, 0.25) is 0 Å². The van der Waals surface area contributed by atoms with Gasteiger partial charge in [0.15, 0.2) is 0 Å². The molecular weight excluding hydrogens is 1620 g/mol. The van der Waals surface area contributed by atoms with Crippen molar-refractivity contribution in [3.8, 4) is 117 Å². The van der Waals surface area contributed by atoms with Crippen molar-refractivity contribution in [3.63, 3.8) is 0 Å². The Morgan fingerprint density at radius 2 is 0.496 bits per heavy atom. The van der Waals surface area contributed by atoms with E-state index in [0.717, 1.165) is 155 Å². The molecule has 0 fully saturated rings. The molecule has 131 heavy (non-hydrogen) atoms. The molecule has 20 aromatic carbocycles. The molecule has 0 amide bonds. The van der Waals surface area contributed by atoms with Crippen LogP contribution >= 0.6 is 11.7 Å². The minimum atomic E-state index is -0.487. The Morgan fingerprint density at radius 1 is 0.206 bits per heavy atom. The number of fused-ring (bicyclic) bond motifs is 30. The predicted molar refractivity (Wildman–Crippen MR) is 535 cm³/mol. The van der Waals surface area contributed by atoms with E-state index in [-0.39, 0.29) is 11.6 Å². The first kappa shape index (κ1) is 73.5. The average molecular weight is 1690 g/mol. The Bertz CT molecular complexity index is 8420. The predicted octanol–water partition coefficient (Wildman–Crippen LogP) is 31.8. The number of hydrogen-bond donors (Lipinski definition) is 0. The lowest BCUT2D eigenvalue weighted by molar-refractivity contribution is 0.627. The third-order valence-corrected chi connectivity index (χ3v) is 29.5. The minimum absolute atomic E-state index is 0.275. The molecule has 0 N–H and O–H groups in total. The van der Waals surface area contributed by atoms with E-state index in [0.29, 0.717) is 0 Å². The second kappa shape index (κ2) is 27.9. The average Bonchev–Trinajstić information content (AvgIpc) is 1.51. The van der Waals surface area contributed by atoms with E-state index in [2.05, 4.69) is 407 Å². The summed E-state index contributed by atoms with van der Waals surface area (Å²) in [5, 5.41) is 6.82. The highest BCUT2D eigenvalue weighted by Crippen LogP contribution is 2.66. The highest BCUT2D eigenvalue weighted by Gasteiger charge is 2.53. The van der Waals surface area contributed by atoms with Crippen LogP contribution in [0.1, 0.15) is 44.5 Å². The normalized spacial score (nSPS) is 13.2. The van der Waals surface area contributed by atoms with Gasteiger partial charge in [-0.15, -0.1) is 0 Å². The van der Waals surface area contributed by atoms with Crippen molar-refractivity contribution in [1.29, 1.82) is 0 Å². The van der Waals surface area contributed by atoms with Crippen molar-refractivity contribution in [2.75, 3.05) is 4.90 Å². The van der Waals surface area contributed by atoms with E-state index in [1.807, 2.05) is 24.3 Å². The summed E-state index contributed by atoms with van der Waals surface area (Å²) in [5.74, 6) is -0.550. The first-order valence-corrected chi connectivity index (χ1v) is 45.4. The lowest BCUT2D eigenvalue weighted by Gasteiger charge is -2.30. The molecule has 2 spiro atoms.